The van der Waals surface area contributed by atoms with Crippen LogP contribution < -0.4 is 5.32 Å². The number of nitrogens with one attached hydrogen (secondary N) is 1. The minimum absolute atomic E-state index is 0.407. The molecule has 0 radical (unpaired) electrons. The van der Waals surface area contributed by atoms with Gasteiger partial charge in [0.05, 0.1) is 5.60 Å². The fourth-order valence-electron chi connectivity index (χ4n) is 2.89. The van der Waals surface area contributed by atoms with Crippen LogP contribution in [0, 0.1) is 5.92 Å². The molecule has 94 valence electrons. The van der Waals surface area contributed by atoms with Gasteiger partial charge >= 0.3 is 0 Å². The van der Waals surface area contributed by atoms with Crippen molar-refractivity contribution < 1.29 is 5.11 Å². The van der Waals surface area contributed by atoms with Gasteiger partial charge < -0.3 is 10.4 Å². The van der Waals surface area contributed by atoms with E-state index in [1.165, 1.54) is 25.7 Å². The molecule has 0 aromatic carbocycles. The first-order valence-electron chi connectivity index (χ1n) is 6.75. The molecule has 0 spiro atoms. The molecule has 2 N–H and O–H groups in total. The summed E-state index contributed by atoms with van der Waals surface area (Å²) in [6, 6.07) is 0.670. The lowest BCUT2D eigenvalue weighted by Crippen LogP contribution is -2.46. The Labute approximate surface area is 104 Å². The van der Waals surface area contributed by atoms with E-state index in [0.717, 1.165) is 36.8 Å². The maximum absolute atomic E-state index is 10.4. The first-order chi connectivity index (χ1) is 7.72. The van der Waals surface area contributed by atoms with Gasteiger partial charge in [0.25, 0.3) is 0 Å². The molecule has 0 aromatic heterocycles. The zero-order valence-corrected chi connectivity index (χ0v) is 11.2. The van der Waals surface area contributed by atoms with Crippen LogP contribution in [0.3, 0.4) is 0 Å². The van der Waals surface area contributed by atoms with Crippen LogP contribution in [0.25, 0.3) is 0 Å². The van der Waals surface area contributed by atoms with E-state index in [9.17, 15) is 5.11 Å². The molecule has 2 fully saturated rings. The summed E-state index contributed by atoms with van der Waals surface area (Å²) in [5, 5.41) is 14.0. The smallest absolute Gasteiger partial charge is 0.0787 e. The van der Waals surface area contributed by atoms with Crippen molar-refractivity contribution in [3.8, 4) is 0 Å². The lowest BCUT2D eigenvalue weighted by atomic mass is 9.96. The maximum Gasteiger partial charge on any atom is 0.0787 e. The predicted octanol–water partition coefficient (Wildman–Crippen LogP) is 2.41. The lowest BCUT2D eigenvalue weighted by molar-refractivity contribution is 0.0296. The van der Waals surface area contributed by atoms with Crippen molar-refractivity contribution in [2.45, 2.75) is 57.1 Å². The van der Waals surface area contributed by atoms with E-state index in [1.54, 1.807) is 0 Å². The number of hydrogen-bond donors (Lipinski definition) is 2. The van der Waals surface area contributed by atoms with Gasteiger partial charge in [0.15, 0.2) is 0 Å². The van der Waals surface area contributed by atoms with Gasteiger partial charge in [0, 0.05) is 12.6 Å². The van der Waals surface area contributed by atoms with E-state index in [1.807, 2.05) is 11.8 Å². The van der Waals surface area contributed by atoms with Crippen LogP contribution >= 0.6 is 11.8 Å². The Hall–Kier alpha value is 0.270. The maximum atomic E-state index is 10.4. The molecule has 1 aliphatic heterocycles. The van der Waals surface area contributed by atoms with Gasteiger partial charge in [-0.1, -0.05) is 13.3 Å². The molecule has 2 atom stereocenters. The molecule has 1 saturated carbocycles. The van der Waals surface area contributed by atoms with E-state index in [0.29, 0.717) is 6.04 Å². The lowest BCUT2D eigenvalue weighted by Gasteiger charge is -2.33. The molecule has 0 aromatic rings. The predicted molar refractivity (Wildman–Crippen MR) is 70.9 cm³/mol. The van der Waals surface area contributed by atoms with Gasteiger partial charge in [-0.25, -0.2) is 0 Å². The van der Waals surface area contributed by atoms with Crippen molar-refractivity contribution in [1.29, 1.82) is 0 Å². The third kappa shape index (κ3) is 3.38. The van der Waals surface area contributed by atoms with Crippen LogP contribution in [0.1, 0.15) is 45.4 Å². The molecule has 1 aliphatic carbocycles. The SMILES string of the molecule is CCC1CCC(NCC2(O)CCSCC2)C1. The highest BCUT2D eigenvalue weighted by Crippen LogP contribution is 2.30. The molecule has 16 heavy (non-hydrogen) atoms. The van der Waals surface area contributed by atoms with Crippen LogP contribution in [0.15, 0.2) is 0 Å². The Morgan fingerprint density at radius 1 is 1.31 bits per heavy atom. The second-order valence-corrected chi connectivity index (χ2v) is 6.73. The van der Waals surface area contributed by atoms with Gasteiger partial charge in [-0.3, -0.25) is 0 Å². The third-order valence-corrected chi connectivity index (χ3v) is 5.25. The summed E-state index contributed by atoms with van der Waals surface area (Å²) in [6.07, 6.45) is 7.26. The summed E-state index contributed by atoms with van der Waals surface area (Å²) >= 11 is 1.97. The Morgan fingerprint density at radius 2 is 2.06 bits per heavy atom. The molecular weight excluding hydrogens is 218 g/mol. The van der Waals surface area contributed by atoms with Gasteiger partial charge in [-0.05, 0) is 49.5 Å². The van der Waals surface area contributed by atoms with E-state index in [-0.39, 0.29) is 0 Å². The van der Waals surface area contributed by atoms with Crippen LogP contribution in [0.5, 0.6) is 0 Å². The fourth-order valence-corrected chi connectivity index (χ4v) is 4.15. The highest BCUT2D eigenvalue weighted by Gasteiger charge is 2.31. The minimum Gasteiger partial charge on any atom is -0.389 e. The first kappa shape index (κ1) is 12.7. The minimum atomic E-state index is -0.407. The Balaban J connectivity index is 1.70. The molecule has 2 rings (SSSR count). The summed E-state index contributed by atoms with van der Waals surface area (Å²) in [4.78, 5) is 0. The van der Waals surface area contributed by atoms with Gasteiger partial charge in [-0.2, -0.15) is 11.8 Å². The standard InChI is InChI=1S/C13H25NOS/c1-2-11-3-4-12(9-11)14-10-13(15)5-7-16-8-6-13/h11-12,14-15H,2-10H2,1H3. The van der Waals surface area contributed by atoms with E-state index >= 15 is 0 Å². The Bertz CT molecular complexity index is 216. The van der Waals surface area contributed by atoms with Crippen LogP contribution in [0.4, 0.5) is 0 Å². The largest absolute Gasteiger partial charge is 0.389 e. The molecule has 0 amide bonds. The quantitative estimate of drug-likeness (QED) is 0.795. The van der Waals surface area contributed by atoms with Gasteiger partial charge in [-0.15, -0.1) is 0 Å². The normalized spacial score (nSPS) is 34.1. The highest BCUT2D eigenvalue weighted by molar-refractivity contribution is 7.99. The fraction of sp³-hybridized carbons (Fsp3) is 1.00. The highest BCUT2D eigenvalue weighted by atomic mass is 32.2. The monoisotopic (exact) mass is 243 g/mol. The average molecular weight is 243 g/mol. The number of aliphatic hydroxyl groups is 1. The Kier molecular flexibility index (Phi) is 4.57. The molecular formula is C13H25NOS. The molecule has 2 nitrogen and oxygen atoms in total. The van der Waals surface area contributed by atoms with Crippen molar-refractivity contribution in [2.75, 3.05) is 18.1 Å². The summed E-state index contributed by atoms with van der Waals surface area (Å²) in [5.41, 5.74) is -0.407. The first-order valence-corrected chi connectivity index (χ1v) is 7.91. The van der Waals surface area contributed by atoms with Crippen molar-refractivity contribution in [2.24, 2.45) is 5.92 Å². The molecule has 2 aliphatic rings. The topological polar surface area (TPSA) is 32.3 Å². The summed E-state index contributed by atoms with van der Waals surface area (Å²) < 4.78 is 0. The van der Waals surface area contributed by atoms with Crippen LogP contribution in [0.2, 0.25) is 0 Å². The van der Waals surface area contributed by atoms with Crippen molar-refractivity contribution in [1.82, 2.24) is 5.32 Å². The Morgan fingerprint density at radius 3 is 2.69 bits per heavy atom. The van der Waals surface area contributed by atoms with Gasteiger partial charge in [0.2, 0.25) is 0 Å². The van der Waals surface area contributed by atoms with Gasteiger partial charge in [0.1, 0.15) is 0 Å². The zero-order chi connectivity index (χ0) is 11.4. The second kappa shape index (κ2) is 5.74. The van der Waals surface area contributed by atoms with E-state index < -0.39 is 5.60 Å². The van der Waals surface area contributed by atoms with Crippen molar-refractivity contribution in [3.63, 3.8) is 0 Å². The van der Waals surface area contributed by atoms with Crippen molar-refractivity contribution >= 4 is 11.8 Å². The summed E-state index contributed by atoms with van der Waals surface area (Å²) in [7, 11) is 0. The summed E-state index contributed by atoms with van der Waals surface area (Å²) in [6.45, 7) is 3.10. The number of thioether (sulfide) groups is 1. The molecule has 3 heteroatoms. The molecule has 2 unspecified atom stereocenters. The second-order valence-electron chi connectivity index (χ2n) is 5.50. The summed E-state index contributed by atoms with van der Waals surface area (Å²) in [5.74, 6) is 3.18. The third-order valence-electron chi connectivity index (χ3n) is 4.26. The van der Waals surface area contributed by atoms with Crippen LogP contribution in [-0.4, -0.2) is 34.8 Å². The molecule has 1 heterocycles. The van der Waals surface area contributed by atoms with E-state index in [2.05, 4.69) is 12.2 Å². The van der Waals surface area contributed by atoms with Crippen molar-refractivity contribution in [3.05, 3.63) is 0 Å². The average Bonchev–Trinajstić information content (AvgIpc) is 2.75. The van der Waals surface area contributed by atoms with E-state index in [4.69, 9.17) is 0 Å². The van der Waals surface area contributed by atoms with Crippen LogP contribution in [-0.2, 0) is 0 Å². The molecule has 1 saturated heterocycles. The number of hydrogen-bond acceptors (Lipinski definition) is 3. The number of rotatable bonds is 4. The zero-order valence-electron chi connectivity index (χ0n) is 10.4. The molecule has 0 bridgehead atoms.